The number of fused-ring (bicyclic) bond motifs is 1. The summed E-state index contributed by atoms with van der Waals surface area (Å²) in [5.74, 6) is 0. The fourth-order valence-electron chi connectivity index (χ4n) is 3.81. The molecule has 0 aliphatic carbocycles. The van der Waals surface area contributed by atoms with Gasteiger partial charge in [0, 0.05) is 37.8 Å². The molecule has 7 heteroatoms. The van der Waals surface area contributed by atoms with E-state index in [0.717, 1.165) is 42.6 Å². The Morgan fingerprint density at radius 2 is 1.79 bits per heavy atom. The topological polar surface area (TPSA) is 28.2 Å². The van der Waals surface area contributed by atoms with Crippen molar-refractivity contribution in [3.05, 3.63) is 76.4 Å². The molecule has 1 N–H and O–H groups in total. The summed E-state index contributed by atoms with van der Waals surface area (Å²) < 4.78 is 40.4. The minimum absolute atomic E-state index is 0.283. The van der Waals surface area contributed by atoms with E-state index in [2.05, 4.69) is 15.2 Å². The number of nitrogens with zero attached hydrogens (tertiary/aromatic N) is 2. The zero-order chi connectivity index (χ0) is 19.7. The highest BCUT2D eigenvalue weighted by Crippen LogP contribution is 2.39. The van der Waals surface area contributed by atoms with Crippen molar-refractivity contribution in [3.8, 4) is 0 Å². The van der Waals surface area contributed by atoms with E-state index < -0.39 is 11.7 Å². The van der Waals surface area contributed by atoms with Crippen molar-refractivity contribution in [1.82, 2.24) is 15.2 Å². The standard InChI is InChI=1S/C21H19ClF3N3/c22-18-6-5-14(13-17(18)21(23,24)25)20(28-11-9-26-10-12-28)16-7-8-27-19-4-2-1-3-15(16)19/h1-8,13,20,26H,9-12H2. The van der Waals surface area contributed by atoms with Crippen molar-refractivity contribution in [2.45, 2.75) is 12.2 Å². The monoisotopic (exact) mass is 405 g/mol. The van der Waals surface area contributed by atoms with Gasteiger partial charge in [0.1, 0.15) is 0 Å². The Hall–Kier alpha value is -2.15. The van der Waals surface area contributed by atoms with Crippen molar-refractivity contribution < 1.29 is 13.2 Å². The van der Waals surface area contributed by atoms with E-state index in [-0.39, 0.29) is 11.1 Å². The van der Waals surface area contributed by atoms with Crippen molar-refractivity contribution in [2.75, 3.05) is 26.2 Å². The fraction of sp³-hybridized carbons (Fsp3) is 0.286. The Kier molecular flexibility index (Phi) is 5.27. The molecule has 3 aromatic rings. The first-order valence-electron chi connectivity index (χ1n) is 9.10. The maximum Gasteiger partial charge on any atom is 0.417 e. The van der Waals surface area contributed by atoms with Crippen LogP contribution in [0.1, 0.15) is 22.7 Å². The molecule has 146 valence electrons. The summed E-state index contributed by atoms with van der Waals surface area (Å²) in [4.78, 5) is 6.61. The largest absolute Gasteiger partial charge is 0.417 e. The second-order valence-electron chi connectivity index (χ2n) is 6.84. The van der Waals surface area contributed by atoms with Crippen LogP contribution in [-0.2, 0) is 6.18 Å². The summed E-state index contributed by atoms with van der Waals surface area (Å²) in [6.45, 7) is 3.06. The highest BCUT2D eigenvalue weighted by atomic mass is 35.5. The van der Waals surface area contributed by atoms with Crippen LogP contribution in [0.5, 0.6) is 0 Å². The normalized spacial score (nSPS) is 17.0. The van der Waals surface area contributed by atoms with Gasteiger partial charge in [0.15, 0.2) is 0 Å². The molecule has 0 spiro atoms. The van der Waals surface area contributed by atoms with Crippen molar-refractivity contribution in [2.24, 2.45) is 0 Å². The molecule has 2 aromatic carbocycles. The average Bonchev–Trinajstić information content (AvgIpc) is 2.69. The van der Waals surface area contributed by atoms with Crippen LogP contribution in [0.3, 0.4) is 0 Å². The lowest BCUT2D eigenvalue weighted by molar-refractivity contribution is -0.137. The summed E-state index contributed by atoms with van der Waals surface area (Å²) in [5.41, 5.74) is 1.55. The van der Waals surface area contributed by atoms with E-state index in [1.165, 1.54) is 12.1 Å². The van der Waals surface area contributed by atoms with Crippen LogP contribution < -0.4 is 5.32 Å². The Morgan fingerprint density at radius 3 is 2.54 bits per heavy atom. The lowest BCUT2D eigenvalue weighted by Gasteiger charge is -2.36. The molecule has 4 rings (SSSR count). The average molecular weight is 406 g/mol. The molecule has 0 bridgehead atoms. The van der Waals surface area contributed by atoms with Gasteiger partial charge < -0.3 is 5.32 Å². The summed E-state index contributed by atoms with van der Waals surface area (Å²) in [6, 6.07) is 13.5. The third-order valence-electron chi connectivity index (χ3n) is 5.11. The number of nitrogens with one attached hydrogen (secondary N) is 1. The number of hydrogen-bond donors (Lipinski definition) is 1. The van der Waals surface area contributed by atoms with Crippen LogP contribution in [0.15, 0.2) is 54.7 Å². The third-order valence-corrected chi connectivity index (χ3v) is 5.44. The summed E-state index contributed by atoms with van der Waals surface area (Å²) in [7, 11) is 0. The highest BCUT2D eigenvalue weighted by molar-refractivity contribution is 6.31. The number of alkyl halides is 3. The van der Waals surface area contributed by atoms with Crippen LogP contribution in [0.2, 0.25) is 5.02 Å². The molecular formula is C21H19ClF3N3. The third kappa shape index (κ3) is 3.72. The van der Waals surface area contributed by atoms with Crippen molar-refractivity contribution in [3.63, 3.8) is 0 Å². The second-order valence-corrected chi connectivity index (χ2v) is 7.25. The predicted octanol–water partition coefficient (Wildman–Crippen LogP) is 4.90. The first kappa shape index (κ1) is 19.2. The molecule has 1 aromatic heterocycles. The first-order valence-corrected chi connectivity index (χ1v) is 9.48. The molecular weight excluding hydrogens is 387 g/mol. The zero-order valence-corrected chi connectivity index (χ0v) is 15.8. The fourth-order valence-corrected chi connectivity index (χ4v) is 4.04. The van der Waals surface area contributed by atoms with Gasteiger partial charge in [-0.25, -0.2) is 0 Å². The minimum atomic E-state index is -4.50. The van der Waals surface area contributed by atoms with Gasteiger partial charge in [-0.1, -0.05) is 35.9 Å². The lowest BCUT2D eigenvalue weighted by Crippen LogP contribution is -2.45. The summed E-state index contributed by atoms with van der Waals surface area (Å²) >= 11 is 5.86. The predicted molar refractivity (Wildman–Crippen MR) is 104 cm³/mol. The molecule has 1 aliphatic rings. The van der Waals surface area contributed by atoms with Gasteiger partial charge >= 0.3 is 6.18 Å². The van der Waals surface area contributed by atoms with Gasteiger partial charge in [0.05, 0.1) is 22.1 Å². The molecule has 1 atom stereocenters. The van der Waals surface area contributed by atoms with Gasteiger partial charge in [0.2, 0.25) is 0 Å². The molecule has 1 aliphatic heterocycles. The van der Waals surface area contributed by atoms with Crippen LogP contribution in [0.25, 0.3) is 10.9 Å². The van der Waals surface area contributed by atoms with E-state index >= 15 is 0 Å². The Balaban J connectivity index is 1.90. The molecule has 3 nitrogen and oxygen atoms in total. The van der Waals surface area contributed by atoms with Gasteiger partial charge in [-0.2, -0.15) is 13.2 Å². The van der Waals surface area contributed by atoms with E-state index in [9.17, 15) is 13.2 Å². The SMILES string of the molecule is FC(F)(F)c1cc(C(c2ccnc3ccccc23)N2CCNCC2)ccc1Cl. The quantitative estimate of drug-likeness (QED) is 0.671. The number of benzene rings is 2. The summed E-state index contributed by atoms with van der Waals surface area (Å²) in [6.07, 6.45) is -2.78. The molecule has 1 unspecified atom stereocenters. The van der Waals surface area contributed by atoms with Crippen LogP contribution in [-0.4, -0.2) is 36.1 Å². The molecule has 2 heterocycles. The molecule has 1 fully saturated rings. The maximum absolute atomic E-state index is 13.5. The van der Waals surface area contributed by atoms with Gasteiger partial charge in [-0.15, -0.1) is 0 Å². The molecule has 0 radical (unpaired) electrons. The van der Waals surface area contributed by atoms with E-state index in [1.807, 2.05) is 30.3 Å². The molecule has 28 heavy (non-hydrogen) atoms. The van der Waals surface area contributed by atoms with Gasteiger partial charge in [-0.3, -0.25) is 9.88 Å². The first-order chi connectivity index (χ1) is 13.4. The smallest absolute Gasteiger partial charge is 0.314 e. The van der Waals surface area contributed by atoms with E-state index in [0.29, 0.717) is 5.56 Å². The molecule has 1 saturated heterocycles. The number of para-hydroxylation sites is 1. The Labute approximate surface area is 166 Å². The molecule has 0 amide bonds. The number of hydrogen-bond acceptors (Lipinski definition) is 3. The lowest BCUT2D eigenvalue weighted by atomic mass is 9.92. The molecule has 0 saturated carbocycles. The van der Waals surface area contributed by atoms with Gasteiger partial charge in [-0.05, 0) is 35.4 Å². The van der Waals surface area contributed by atoms with Crippen molar-refractivity contribution >= 4 is 22.5 Å². The number of halogens is 4. The number of pyridine rings is 1. The van der Waals surface area contributed by atoms with Gasteiger partial charge in [0.25, 0.3) is 0 Å². The minimum Gasteiger partial charge on any atom is -0.314 e. The summed E-state index contributed by atoms with van der Waals surface area (Å²) in [5, 5.41) is 3.96. The maximum atomic E-state index is 13.5. The second kappa shape index (κ2) is 7.70. The highest BCUT2D eigenvalue weighted by Gasteiger charge is 2.35. The van der Waals surface area contributed by atoms with E-state index in [4.69, 9.17) is 11.6 Å². The Morgan fingerprint density at radius 1 is 1.04 bits per heavy atom. The van der Waals surface area contributed by atoms with Crippen molar-refractivity contribution in [1.29, 1.82) is 0 Å². The van der Waals surface area contributed by atoms with Crippen LogP contribution in [0, 0.1) is 0 Å². The van der Waals surface area contributed by atoms with Crippen LogP contribution in [0.4, 0.5) is 13.2 Å². The van der Waals surface area contributed by atoms with Crippen LogP contribution >= 0.6 is 11.6 Å². The van der Waals surface area contributed by atoms with E-state index in [1.54, 1.807) is 12.3 Å². The zero-order valence-electron chi connectivity index (χ0n) is 15.0. The Bertz CT molecular complexity index is 979. The number of rotatable bonds is 3. The number of piperazine rings is 1. The number of aromatic nitrogens is 1.